The maximum absolute atomic E-state index is 12.5. The van der Waals surface area contributed by atoms with E-state index < -0.39 is 11.7 Å². The summed E-state index contributed by atoms with van der Waals surface area (Å²) in [6.45, 7) is 3.12. The van der Waals surface area contributed by atoms with E-state index in [1.165, 1.54) is 6.07 Å². The van der Waals surface area contributed by atoms with E-state index in [0.29, 0.717) is 25.2 Å². The molecule has 2 nitrogen and oxygen atoms in total. The van der Waals surface area contributed by atoms with Crippen LogP contribution in [-0.2, 0) is 10.9 Å². The van der Waals surface area contributed by atoms with Crippen LogP contribution in [0.4, 0.5) is 13.2 Å². The van der Waals surface area contributed by atoms with Crippen molar-refractivity contribution in [1.29, 1.82) is 0 Å². The summed E-state index contributed by atoms with van der Waals surface area (Å²) in [7, 11) is 0. The highest BCUT2D eigenvalue weighted by Gasteiger charge is 2.30. The quantitative estimate of drug-likeness (QED) is 0.795. The number of hydrogen-bond donors (Lipinski definition) is 1. The van der Waals surface area contributed by atoms with Crippen LogP contribution in [0.5, 0.6) is 0 Å². The molecule has 0 aliphatic carbocycles. The van der Waals surface area contributed by atoms with E-state index in [-0.39, 0.29) is 6.04 Å². The molecule has 0 radical (unpaired) electrons. The maximum atomic E-state index is 12.5. The lowest BCUT2D eigenvalue weighted by Crippen LogP contribution is -2.13. The minimum Gasteiger partial charge on any atom is -0.382 e. The van der Waals surface area contributed by atoms with Gasteiger partial charge in [0.15, 0.2) is 0 Å². The van der Waals surface area contributed by atoms with Gasteiger partial charge in [0, 0.05) is 19.3 Å². The second-order valence-electron chi connectivity index (χ2n) is 4.07. The van der Waals surface area contributed by atoms with E-state index in [1.54, 1.807) is 6.07 Å². The molecule has 1 aromatic rings. The molecule has 1 atom stereocenters. The van der Waals surface area contributed by atoms with Gasteiger partial charge in [0.1, 0.15) is 0 Å². The minimum absolute atomic E-state index is 0.382. The Morgan fingerprint density at radius 2 is 2.06 bits per heavy atom. The third kappa shape index (κ3) is 4.66. The predicted octanol–water partition coefficient (Wildman–Crippen LogP) is 3.52. The number of rotatable bonds is 6. The third-order valence-corrected chi connectivity index (χ3v) is 2.65. The highest BCUT2D eigenvalue weighted by atomic mass is 19.4. The first-order chi connectivity index (χ1) is 8.45. The maximum Gasteiger partial charge on any atom is 0.416 e. The Kier molecular flexibility index (Phi) is 5.62. The fourth-order valence-corrected chi connectivity index (χ4v) is 1.66. The fraction of sp³-hybridized carbons (Fsp3) is 0.538. The van der Waals surface area contributed by atoms with Crippen molar-refractivity contribution in [2.24, 2.45) is 5.73 Å². The summed E-state index contributed by atoms with van der Waals surface area (Å²) in [6.07, 6.45) is -2.96. The summed E-state index contributed by atoms with van der Waals surface area (Å²) in [4.78, 5) is 0. The van der Waals surface area contributed by atoms with Crippen molar-refractivity contribution in [1.82, 2.24) is 0 Å². The summed E-state index contributed by atoms with van der Waals surface area (Å²) in [5.41, 5.74) is 5.73. The summed E-state index contributed by atoms with van der Waals surface area (Å²) in [6, 6.07) is 4.80. The molecule has 0 heterocycles. The standard InChI is InChI=1S/C13H18F3NO/c1-2-18-8-4-7-12(17)10-5-3-6-11(9-10)13(14,15)16/h3,5-6,9,12H,2,4,7-8,17H2,1H3. The van der Waals surface area contributed by atoms with E-state index in [2.05, 4.69) is 0 Å². The first-order valence-corrected chi connectivity index (χ1v) is 5.95. The highest BCUT2D eigenvalue weighted by Crippen LogP contribution is 2.30. The SMILES string of the molecule is CCOCCCC(N)c1cccc(C(F)(F)F)c1. The molecule has 18 heavy (non-hydrogen) atoms. The van der Waals surface area contributed by atoms with Crippen LogP contribution < -0.4 is 5.73 Å². The van der Waals surface area contributed by atoms with Crippen LogP contribution >= 0.6 is 0 Å². The van der Waals surface area contributed by atoms with Crippen molar-refractivity contribution in [3.63, 3.8) is 0 Å². The normalized spacial score (nSPS) is 13.6. The number of halogens is 3. The second kappa shape index (κ2) is 6.75. The number of ether oxygens (including phenoxy) is 1. The number of alkyl halides is 3. The molecule has 0 fully saturated rings. The molecule has 1 aromatic carbocycles. The zero-order chi connectivity index (χ0) is 13.6. The number of nitrogens with two attached hydrogens (primary N) is 1. The van der Waals surface area contributed by atoms with E-state index >= 15 is 0 Å². The van der Waals surface area contributed by atoms with Gasteiger partial charge in [-0.15, -0.1) is 0 Å². The van der Waals surface area contributed by atoms with Gasteiger partial charge in [-0.05, 0) is 37.5 Å². The average Bonchev–Trinajstić information content (AvgIpc) is 2.33. The van der Waals surface area contributed by atoms with Crippen molar-refractivity contribution >= 4 is 0 Å². The molecule has 0 saturated carbocycles. The van der Waals surface area contributed by atoms with Crippen molar-refractivity contribution in [2.45, 2.75) is 32.0 Å². The zero-order valence-corrected chi connectivity index (χ0v) is 10.3. The molecule has 102 valence electrons. The molecular formula is C13H18F3NO. The first kappa shape index (κ1) is 15.0. The molecule has 0 aliphatic heterocycles. The Morgan fingerprint density at radius 1 is 1.33 bits per heavy atom. The number of hydrogen-bond acceptors (Lipinski definition) is 2. The average molecular weight is 261 g/mol. The topological polar surface area (TPSA) is 35.2 Å². The lowest BCUT2D eigenvalue weighted by atomic mass is 10.0. The molecular weight excluding hydrogens is 243 g/mol. The molecule has 2 N–H and O–H groups in total. The molecule has 5 heteroatoms. The lowest BCUT2D eigenvalue weighted by Gasteiger charge is -2.14. The Hall–Kier alpha value is -1.07. The van der Waals surface area contributed by atoms with Crippen LogP contribution in [0, 0.1) is 0 Å². The zero-order valence-electron chi connectivity index (χ0n) is 10.3. The summed E-state index contributed by atoms with van der Waals surface area (Å²) >= 11 is 0. The van der Waals surface area contributed by atoms with E-state index in [4.69, 9.17) is 10.5 Å². The van der Waals surface area contributed by atoms with Gasteiger partial charge >= 0.3 is 6.18 Å². The van der Waals surface area contributed by atoms with Crippen LogP contribution in [0.1, 0.15) is 36.9 Å². The van der Waals surface area contributed by atoms with Gasteiger partial charge in [-0.25, -0.2) is 0 Å². The molecule has 0 bridgehead atoms. The summed E-state index contributed by atoms with van der Waals surface area (Å²) < 4.78 is 42.7. The van der Waals surface area contributed by atoms with Gasteiger partial charge in [-0.1, -0.05) is 12.1 Å². The van der Waals surface area contributed by atoms with Gasteiger partial charge in [-0.3, -0.25) is 0 Å². The predicted molar refractivity (Wildman–Crippen MR) is 64.1 cm³/mol. The van der Waals surface area contributed by atoms with Crippen molar-refractivity contribution in [3.8, 4) is 0 Å². The molecule has 1 unspecified atom stereocenters. The minimum atomic E-state index is -4.32. The lowest BCUT2D eigenvalue weighted by molar-refractivity contribution is -0.137. The van der Waals surface area contributed by atoms with Crippen LogP contribution in [-0.4, -0.2) is 13.2 Å². The molecule has 0 spiro atoms. The summed E-state index contributed by atoms with van der Waals surface area (Å²) in [5, 5.41) is 0. The Morgan fingerprint density at radius 3 is 2.67 bits per heavy atom. The van der Waals surface area contributed by atoms with Crippen molar-refractivity contribution in [3.05, 3.63) is 35.4 Å². The first-order valence-electron chi connectivity index (χ1n) is 5.95. The van der Waals surface area contributed by atoms with Crippen LogP contribution in [0.25, 0.3) is 0 Å². The van der Waals surface area contributed by atoms with Gasteiger partial charge < -0.3 is 10.5 Å². The largest absolute Gasteiger partial charge is 0.416 e. The molecule has 1 rings (SSSR count). The Balaban J connectivity index is 2.60. The molecule has 0 aromatic heterocycles. The van der Waals surface area contributed by atoms with E-state index in [9.17, 15) is 13.2 Å². The van der Waals surface area contributed by atoms with Crippen LogP contribution in [0.2, 0.25) is 0 Å². The highest BCUT2D eigenvalue weighted by molar-refractivity contribution is 5.27. The van der Waals surface area contributed by atoms with Crippen molar-refractivity contribution < 1.29 is 17.9 Å². The molecule has 0 saturated heterocycles. The molecule has 0 aliphatic rings. The van der Waals surface area contributed by atoms with Gasteiger partial charge in [0.2, 0.25) is 0 Å². The fourth-order valence-electron chi connectivity index (χ4n) is 1.66. The smallest absolute Gasteiger partial charge is 0.382 e. The molecule has 0 amide bonds. The van der Waals surface area contributed by atoms with E-state index in [0.717, 1.165) is 18.6 Å². The number of benzene rings is 1. The van der Waals surface area contributed by atoms with Gasteiger partial charge in [-0.2, -0.15) is 13.2 Å². The Bertz CT molecular complexity index is 365. The van der Waals surface area contributed by atoms with Crippen LogP contribution in [0.15, 0.2) is 24.3 Å². The monoisotopic (exact) mass is 261 g/mol. The second-order valence-corrected chi connectivity index (χ2v) is 4.07. The van der Waals surface area contributed by atoms with Crippen LogP contribution in [0.3, 0.4) is 0 Å². The Labute approximate surface area is 105 Å². The third-order valence-electron chi connectivity index (χ3n) is 2.65. The van der Waals surface area contributed by atoms with Gasteiger partial charge in [0.25, 0.3) is 0 Å². The van der Waals surface area contributed by atoms with Gasteiger partial charge in [0.05, 0.1) is 5.56 Å². The van der Waals surface area contributed by atoms with E-state index in [1.807, 2.05) is 6.92 Å². The van der Waals surface area contributed by atoms with Crippen molar-refractivity contribution in [2.75, 3.05) is 13.2 Å². The summed E-state index contributed by atoms with van der Waals surface area (Å²) in [5.74, 6) is 0.